The van der Waals surface area contributed by atoms with E-state index >= 15 is 0 Å². The topological polar surface area (TPSA) is 62.2 Å². The molecular weight excluding hydrogens is 233 g/mol. The van der Waals surface area contributed by atoms with Crippen molar-refractivity contribution in [2.45, 2.75) is 18.9 Å². The maximum absolute atomic E-state index is 8.66. The first-order valence-electron chi connectivity index (χ1n) is 6.11. The minimum absolute atomic E-state index is 0.261. The van der Waals surface area contributed by atoms with Crippen molar-refractivity contribution in [1.82, 2.24) is 4.90 Å². The average molecular weight is 251 g/mol. The van der Waals surface area contributed by atoms with E-state index in [0.717, 1.165) is 31.7 Å². The van der Waals surface area contributed by atoms with Gasteiger partial charge in [-0.1, -0.05) is 0 Å². The summed E-state index contributed by atoms with van der Waals surface area (Å²) in [4.78, 5) is 2.29. The Bertz CT molecular complexity index is 363. The first kappa shape index (κ1) is 13.2. The van der Waals surface area contributed by atoms with Crippen LogP contribution in [0.1, 0.15) is 12.8 Å². The molecule has 1 heterocycles. The van der Waals surface area contributed by atoms with Gasteiger partial charge < -0.3 is 24.3 Å². The van der Waals surface area contributed by atoms with Gasteiger partial charge in [0.25, 0.3) is 0 Å². The Labute approximate surface area is 107 Å². The Morgan fingerprint density at radius 2 is 1.67 bits per heavy atom. The molecule has 0 amide bonds. The lowest BCUT2D eigenvalue weighted by molar-refractivity contribution is 0.114. The van der Waals surface area contributed by atoms with Gasteiger partial charge in [-0.25, -0.2) is 0 Å². The number of nitrogens with zero attached hydrogens (tertiary/aromatic N) is 1. The van der Waals surface area contributed by atoms with Crippen LogP contribution < -0.4 is 9.39 Å². The van der Waals surface area contributed by atoms with Crippen LogP contribution >= 0.6 is 0 Å². The number of hydrogen-bond acceptors (Lipinski definition) is 5. The van der Waals surface area contributed by atoms with Gasteiger partial charge in [-0.2, -0.15) is 0 Å². The summed E-state index contributed by atoms with van der Waals surface area (Å²) in [5, 5.41) is 17.3. The number of rotatable bonds is 4. The molecule has 98 valence electrons. The molecule has 0 radical (unpaired) electrons. The molecule has 6 heteroatoms. The molecule has 1 aliphatic rings. The Balaban J connectivity index is 1.86. The fourth-order valence-electron chi connectivity index (χ4n) is 2.01. The zero-order valence-electron chi connectivity index (χ0n) is 10.5. The van der Waals surface area contributed by atoms with Crippen molar-refractivity contribution < 1.29 is 19.4 Å². The van der Waals surface area contributed by atoms with E-state index in [1.165, 1.54) is 0 Å². The smallest absolute Gasteiger partial charge is 0.512 e. The van der Waals surface area contributed by atoms with Crippen LogP contribution in [-0.2, 0) is 0 Å². The van der Waals surface area contributed by atoms with E-state index in [1.807, 2.05) is 0 Å². The van der Waals surface area contributed by atoms with Crippen LogP contribution in [0.5, 0.6) is 11.5 Å². The first-order valence-corrected chi connectivity index (χ1v) is 6.11. The number of ether oxygens (including phenoxy) is 1. The molecule has 0 atom stereocenters. The third-order valence-electron chi connectivity index (χ3n) is 3.03. The summed E-state index contributed by atoms with van der Waals surface area (Å²) in [6.45, 7) is 2.12. The maximum atomic E-state index is 8.66. The van der Waals surface area contributed by atoms with Crippen LogP contribution in [0, 0.1) is 0 Å². The summed E-state index contributed by atoms with van der Waals surface area (Å²) < 4.78 is 10.6. The summed E-state index contributed by atoms with van der Waals surface area (Å²) in [5.74, 6) is 1.19. The normalized spacial score (nSPS) is 17.5. The minimum atomic E-state index is -1.79. The zero-order chi connectivity index (χ0) is 13.0. The van der Waals surface area contributed by atoms with E-state index in [2.05, 4.69) is 11.9 Å². The van der Waals surface area contributed by atoms with Gasteiger partial charge >= 0.3 is 7.32 Å². The predicted octanol–water partition coefficient (Wildman–Crippen LogP) is 0.508. The Hall–Kier alpha value is -1.24. The predicted molar refractivity (Wildman–Crippen MR) is 68.4 cm³/mol. The maximum Gasteiger partial charge on any atom is 0.707 e. The van der Waals surface area contributed by atoms with Crippen molar-refractivity contribution in [3.63, 3.8) is 0 Å². The van der Waals surface area contributed by atoms with Crippen LogP contribution in [0.3, 0.4) is 0 Å². The Morgan fingerprint density at radius 1 is 1.11 bits per heavy atom. The van der Waals surface area contributed by atoms with Gasteiger partial charge in [-0.05, 0) is 44.2 Å². The molecule has 18 heavy (non-hydrogen) atoms. The molecule has 1 fully saturated rings. The highest BCUT2D eigenvalue weighted by atomic mass is 16.6. The van der Waals surface area contributed by atoms with Crippen LogP contribution in [0.2, 0.25) is 0 Å². The molecule has 0 aliphatic carbocycles. The molecule has 0 bridgehead atoms. The van der Waals surface area contributed by atoms with Gasteiger partial charge in [0.1, 0.15) is 17.6 Å². The first-order chi connectivity index (χ1) is 8.63. The highest BCUT2D eigenvalue weighted by Crippen LogP contribution is 2.21. The fraction of sp³-hybridized carbons (Fsp3) is 0.500. The van der Waals surface area contributed by atoms with Gasteiger partial charge in [-0.15, -0.1) is 0 Å². The van der Waals surface area contributed by atoms with E-state index in [-0.39, 0.29) is 6.10 Å². The molecular formula is C12H18BNO4. The summed E-state index contributed by atoms with van der Waals surface area (Å²) in [7, 11) is 0.327. The monoisotopic (exact) mass is 251 g/mol. The van der Waals surface area contributed by atoms with Crippen molar-refractivity contribution in [1.29, 1.82) is 0 Å². The lowest BCUT2D eigenvalue weighted by atomic mass is 10.1. The second kappa shape index (κ2) is 6.09. The lowest BCUT2D eigenvalue weighted by Crippen LogP contribution is -2.35. The van der Waals surface area contributed by atoms with Crippen LogP contribution in [0.15, 0.2) is 24.3 Å². The van der Waals surface area contributed by atoms with Crippen molar-refractivity contribution in [2.24, 2.45) is 0 Å². The van der Waals surface area contributed by atoms with Gasteiger partial charge in [-0.3, -0.25) is 0 Å². The molecule has 0 aromatic heterocycles. The van der Waals surface area contributed by atoms with Gasteiger partial charge in [0.15, 0.2) is 0 Å². The zero-order valence-corrected chi connectivity index (χ0v) is 10.5. The molecule has 0 saturated carbocycles. The second-order valence-electron chi connectivity index (χ2n) is 4.54. The number of piperidine rings is 1. The standard InChI is InChI=1S/C12H18BNO4/c1-14-8-6-11(7-9-14)17-10-2-4-12(5-3-10)18-13(15)16/h2-5,11,15-16H,6-9H2,1H3. The highest BCUT2D eigenvalue weighted by Gasteiger charge is 2.18. The van der Waals surface area contributed by atoms with Crippen molar-refractivity contribution in [2.75, 3.05) is 20.1 Å². The lowest BCUT2D eigenvalue weighted by Gasteiger charge is -2.29. The molecule has 2 rings (SSSR count). The number of hydrogen-bond donors (Lipinski definition) is 2. The van der Waals surface area contributed by atoms with Crippen molar-refractivity contribution in [3.05, 3.63) is 24.3 Å². The average Bonchev–Trinajstić information content (AvgIpc) is 2.34. The van der Waals surface area contributed by atoms with E-state index in [4.69, 9.17) is 19.4 Å². The molecule has 1 saturated heterocycles. The number of likely N-dealkylation sites (tertiary alicyclic amines) is 1. The van der Waals surface area contributed by atoms with Crippen molar-refractivity contribution >= 4 is 7.32 Å². The molecule has 0 unspecified atom stereocenters. The molecule has 0 spiro atoms. The molecule has 1 aromatic carbocycles. The van der Waals surface area contributed by atoms with Gasteiger partial charge in [0, 0.05) is 13.1 Å². The van der Waals surface area contributed by atoms with Gasteiger partial charge in [0.2, 0.25) is 0 Å². The van der Waals surface area contributed by atoms with Crippen LogP contribution in [0.4, 0.5) is 0 Å². The third kappa shape index (κ3) is 3.91. The molecule has 5 nitrogen and oxygen atoms in total. The largest absolute Gasteiger partial charge is 0.707 e. The molecule has 2 N–H and O–H groups in total. The van der Waals surface area contributed by atoms with Crippen molar-refractivity contribution in [3.8, 4) is 11.5 Å². The van der Waals surface area contributed by atoms with E-state index in [9.17, 15) is 0 Å². The Morgan fingerprint density at radius 3 is 2.22 bits per heavy atom. The van der Waals surface area contributed by atoms with E-state index in [1.54, 1.807) is 24.3 Å². The van der Waals surface area contributed by atoms with E-state index < -0.39 is 7.32 Å². The quantitative estimate of drug-likeness (QED) is 0.763. The fourth-order valence-corrected chi connectivity index (χ4v) is 2.01. The van der Waals surface area contributed by atoms with E-state index in [0.29, 0.717) is 5.75 Å². The van der Waals surface area contributed by atoms with Crippen LogP contribution in [0.25, 0.3) is 0 Å². The Kier molecular flexibility index (Phi) is 4.46. The molecule has 1 aliphatic heterocycles. The highest BCUT2D eigenvalue weighted by molar-refractivity contribution is 6.33. The number of benzene rings is 1. The third-order valence-corrected chi connectivity index (χ3v) is 3.03. The van der Waals surface area contributed by atoms with Crippen LogP contribution in [-0.4, -0.2) is 48.5 Å². The summed E-state index contributed by atoms with van der Waals surface area (Å²) in [5.41, 5.74) is 0. The SMILES string of the molecule is CN1CCC(Oc2ccc(OB(O)O)cc2)CC1. The minimum Gasteiger partial charge on any atom is -0.512 e. The summed E-state index contributed by atoms with van der Waals surface area (Å²) in [6, 6.07) is 6.86. The summed E-state index contributed by atoms with van der Waals surface area (Å²) in [6.07, 6.45) is 2.32. The summed E-state index contributed by atoms with van der Waals surface area (Å²) >= 11 is 0. The van der Waals surface area contributed by atoms with Gasteiger partial charge in [0.05, 0.1) is 0 Å². The molecule has 1 aromatic rings. The second-order valence-corrected chi connectivity index (χ2v) is 4.54.